The van der Waals surface area contributed by atoms with Crippen molar-refractivity contribution in [3.63, 3.8) is 0 Å². The minimum absolute atomic E-state index is 0.0212. The molecule has 7 nitrogen and oxygen atoms in total. The fourth-order valence-corrected chi connectivity index (χ4v) is 6.80. The average Bonchev–Trinajstić information content (AvgIpc) is 3.44. The zero-order valence-electron chi connectivity index (χ0n) is 18.9. The summed E-state index contributed by atoms with van der Waals surface area (Å²) < 4.78 is 55.8. The van der Waals surface area contributed by atoms with E-state index in [2.05, 4.69) is 15.0 Å². The summed E-state index contributed by atoms with van der Waals surface area (Å²) in [6.07, 6.45) is 5.58. The van der Waals surface area contributed by atoms with Gasteiger partial charge in [0.25, 0.3) is 5.92 Å². The Morgan fingerprint density at radius 2 is 2.14 bits per heavy atom. The van der Waals surface area contributed by atoms with Crippen LogP contribution in [-0.2, 0) is 16.0 Å². The summed E-state index contributed by atoms with van der Waals surface area (Å²) in [6.45, 7) is 2.74. The van der Waals surface area contributed by atoms with E-state index in [9.17, 15) is 18.0 Å². The number of allylic oxidation sites excluding steroid dienone is 1. The molecule has 2 fully saturated rings. The number of piperidine rings is 1. The van der Waals surface area contributed by atoms with E-state index in [-0.39, 0.29) is 18.1 Å². The molecular formula is C23H24ClF3N4O3S. The van der Waals surface area contributed by atoms with Gasteiger partial charge in [0.05, 0.1) is 27.7 Å². The Kier molecular flexibility index (Phi) is 6.62. The van der Waals surface area contributed by atoms with Crippen LogP contribution in [0.25, 0.3) is 5.82 Å². The summed E-state index contributed by atoms with van der Waals surface area (Å²) in [5, 5.41) is 3.82. The highest BCUT2D eigenvalue weighted by atomic mass is 35.5. The number of aromatic nitrogens is 3. The van der Waals surface area contributed by atoms with Crippen molar-refractivity contribution in [2.75, 3.05) is 26.3 Å². The van der Waals surface area contributed by atoms with Crippen LogP contribution < -0.4 is 0 Å². The van der Waals surface area contributed by atoms with Gasteiger partial charge in [-0.05, 0) is 38.0 Å². The lowest BCUT2D eigenvalue weighted by atomic mass is 9.77. The van der Waals surface area contributed by atoms with Gasteiger partial charge in [-0.3, -0.25) is 4.90 Å². The number of nitrogens with zero attached hydrogens (tertiary/aromatic N) is 4. The van der Waals surface area contributed by atoms with Crippen LogP contribution in [0.5, 0.6) is 0 Å². The van der Waals surface area contributed by atoms with Gasteiger partial charge in [0.2, 0.25) is 0 Å². The molecule has 0 aliphatic carbocycles. The Labute approximate surface area is 209 Å². The highest BCUT2D eigenvalue weighted by Crippen LogP contribution is 2.56. The number of rotatable bonds is 5. The second-order valence-corrected chi connectivity index (χ2v) is 10.7. The Morgan fingerprint density at radius 3 is 2.86 bits per heavy atom. The number of carbonyl (C=O) groups is 1. The normalized spacial score (nSPS) is 25.3. The number of hydrogen-bond acceptors (Lipinski definition) is 7. The maximum atomic E-state index is 14.5. The summed E-state index contributed by atoms with van der Waals surface area (Å²) in [5.74, 6) is -5.08. The lowest BCUT2D eigenvalue weighted by Gasteiger charge is -2.51. The fourth-order valence-electron chi connectivity index (χ4n) is 4.97. The zero-order valence-corrected chi connectivity index (χ0v) is 20.5. The maximum absolute atomic E-state index is 14.5. The monoisotopic (exact) mass is 528 g/mol. The lowest BCUT2D eigenvalue weighted by Crippen LogP contribution is -2.61. The van der Waals surface area contributed by atoms with Gasteiger partial charge in [-0.2, -0.15) is 5.10 Å². The lowest BCUT2D eigenvalue weighted by molar-refractivity contribution is -0.215. The highest BCUT2D eigenvalue weighted by Gasteiger charge is 2.60. The summed E-state index contributed by atoms with van der Waals surface area (Å²) in [7, 11) is 0. The molecule has 5 heterocycles. The summed E-state index contributed by atoms with van der Waals surface area (Å²) in [5.41, 5.74) is -0.0298. The van der Waals surface area contributed by atoms with E-state index >= 15 is 0 Å². The fraction of sp³-hybridized carbons (Fsp3) is 0.522. The van der Waals surface area contributed by atoms with Crippen molar-refractivity contribution in [3.8, 4) is 5.82 Å². The third-order valence-electron chi connectivity index (χ3n) is 6.75. The SMILES string of the molecule is CCOC(=O)c1nn(-c2ncccc2F)cc1CN1CCC2(CC1)OCC(F)(F)C1C=C(Cl)SC12. The van der Waals surface area contributed by atoms with E-state index in [0.29, 0.717) is 42.4 Å². The van der Waals surface area contributed by atoms with E-state index in [4.69, 9.17) is 21.1 Å². The Hall–Kier alpha value is -2.08. The molecule has 0 saturated carbocycles. The third-order valence-corrected chi connectivity index (χ3v) is 8.48. The number of pyridine rings is 1. The first-order valence-electron chi connectivity index (χ1n) is 11.4. The average molecular weight is 529 g/mol. The highest BCUT2D eigenvalue weighted by molar-refractivity contribution is 8.05. The number of thioether (sulfide) groups is 1. The van der Waals surface area contributed by atoms with E-state index in [1.165, 1.54) is 40.8 Å². The van der Waals surface area contributed by atoms with Gasteiger partial charge in [0, 0.05) is 37.6 Å². The quantitative estimate of drug-likeness (QED) is 0.533. The van der Waals surface area contributed by atoms with Gasteiger partial charge < -0.3 is 9.47 Å². The molecule has 0 amide bonds. The van der Waals surface area contributed by atoms with Crippen LogP contribution in [0.2, 0.25) is 0 Å². The standard InChI is InChI=1S/C23H24ClF3N4O3S/c1-2-33-21(32)18-14(12-31(29-18)20-16(25)4-3-7-28-20)11-30-8-5-22(6-9-30)19-15(10-17(24)35-19)23(26,27)13-34-22/h3-4,7,10,12,15,19H,2,5-6,8-9,11,13H2,1H3. The number of esters is 1. The first kappa shape index (κ1) is 24.6. The molecule has 0 radical (unpaired) electrons. The van der Waals surface area contributed by atoms with Crippen molar-refractivity contribution < 1.29 is 27.4 Å². The molecule has 0 bridgehead atoms. The molecule has 3 aliphatic rings. The second kappa shape index (κ2) is 9.42. The van der Waals surface area contributed by atoms with Crippen molar-refractivity contribution in [2.45, 2.75) is 43.1 Å². The molecule has 2 aromatic heterocycles. The van der Waals surface area contributed by atoms with Gasteiger partial charge in [-0.25, -0.2) is 27.6 Å². The van der Waals surface area contributed by atoms with Crippen molar-refractivity contribution >= 4 is 29.3 Å². The number of ether oxygens (including phenoxy) is 2. The number of alkyl halides is 2. The van der Waals surface area contributed by atoms with Crippen LogP contribution in [0.1, 0.15) is 35.8 Å². The molecular weight excluding hydrogens is 505 g/mol. The number of fused-ring (bicyclic) bond motifs is 2. The van der Waals surface area contributed by atoms with Gasteiger partial charge in [0.1, 0.15) is 6.61 Å². The van der Waals surface area contributed by atoms with Crippen LogP contribution >= 0.6 is 23.4 Å². The molecule has 5 rings (SSSR count). The van der Waals surface area contributed by atoms with Gasteiger partial charge in [0.15, 0.2) is 17.3 Å². The Balaban J connectivity index is 1.34. The predicted octanol–water partition coefficient (Wildman–Crippen LogP) is 4.40. The number of hydrogen-bond donors (Lipinski definition) is 0. The Bertz CT molecular complexity index is 1150. The zero-order chi connectivity index (χ0) is 24.8. The van der Waals surface area contributed by atoms with E-state index in [1.807, 2.05) is 0 Å². The number of likely N-dealkylation sites (tertiary alicyclic amines) is 1. The minimum Gasteiger partial charge on any atom is -0.461 e. The van der Waals surface area contributed by atoms with Crippen molar-refractivity contribution in [3.05, 3.63) is 52.0 Å². The minimum atomic E-state index is -2.94. The molecule has 2 unspecified atom stereocenters. The van der Waals surface area contributed by atoms with Gasteiger partial charge in [-0.15, -0.1) is 11.8 Å². The van der Waals surface area contributed by atoms with Gasteiger partial charge >= 0.3 is 5.97 Å². The first-order chi connectivity index (χ1) is 16.7. The number of halogens is 4. The van der Waals surface area contributed by atoms with E-state index < -0.39 is 41.1 Å². The third kappa shape index (κ3) is 4.59. The van der Waals surface area contributed by atoms with E-state index in [0.717, 1.165) is 0 Å². The molecule has 3 aliphatic heterocycles. The molecule has 0 aromatic carbocycles. The first-order valence-corrected chi connectivity index (χ1v) is 12.6. The van der Waals surface area contributed by atoms with Crippen molar-refractivity contribution in [1.82, 2.24) is 19.7 Å². The molecule has 188 valence electrons. The topological polar surface area (TPSA) is 69.5 Å². The molecule has 2 saturated heterocycles. The van der Waals surface area contributed by atoms with Crippen molar-refractivity contribution in [2.24, 2.45) is 5.92 Å². The smallest absolute Gasteiger partial charge is 0.359 e. The van der Waals surface area contributed by atoms with Crippen LogP contribution in [-0.4, -0.2) is 68.7 Å². The Morgan fingerprint density at radius 1 is 1.37 bits per heavy atom. The summed E-state index contributed by atoms with van der Waals surface area (Å²) >= 11 is 7.39. The largest absolute Gasteiger partial charge is 0.461 e. The molecule has 2 atom stereocenters. The van der Waals surface area contributed by atoms with Crippen LogP contribution in [0, 0.1) is 11.7 Å². The molecule has 12 heteroatoms. The molecule has 2 aromatic rings. The summed E-state index contributed by atoms with van der Waals surface area (Å²) in [6, 6.07) is 2.74. The maximum Gasteiger partial charge on any atom is 0.359 e. The molecule has 35 heavy (non-hydrogen) atoms. The second-order valence-electron chi connectivity index (χ2n) is 8.90. The van der Waals surface area contributed by atoms with Crippen LogP contribution in [0.15, 0.2) is 35.0 Å². The van der Waals surface area contributed by atoms with Gasteiger partial charge in [-0.1, -0.05) is 11.6 Å². The number of carbonyl (C=O) groups excluding carboxylic acids is 1. The predicted molar refractivity (Wildman–Crippen MR) is 124 cm³/mol. The van der Waals surface area contributed by atoms with E-state index in [1.54, 1.807) is 13.1 Å². The van der Waals surface area contributed by atoms with Crippen molar-refractivity contribution in [1.29, 1.82) is 0 Å². The molecule has 0 N–H and O–H groups in total. The van der Waals surface area contributed by atoms with Crippen LogP contribution in [0.4, 0.5) is 13.2 Å². The summed E-state index contributed by atoms with van der Waals surface area (Å²) in [4.78, 5) is 18.7. The van der Waals surface area contributed by atoms with Crippen LogP contribution in [0.3, 0.4) is 0 Å². The molecule has 1 spiro atoms.